The van der Waals surface area contributed by atoms with Crippen LogP contribution in [0.25, 0.3) is 0 Å². The molecule has 2 N–H and O–H groups in total. The van der Waals surface area contributed by atoms with Crippen molar-refractivity contribution in [2.45, 2.75) is 11.2 Å². The lowest BCUT2D eigenvalue weighted by atomic mass is 10.4. The minimum absolute atomic E-state index is 0.125. The molecular formula is C4H6BrNO. The van der Waals surface area contributed by atoms with Crippen LogP contribution in [0.2, 0.25) is 0 Å². The maximum Gasteiger partial charge on any atom is 0.221 e. The molecule has 0 aliphatic heterocycles. The Balaban J connectivity index is 2.33. The van der Waals surface area contributed by atoms with Gasteiger partial charge in [0.1, 0.15) is 0 Å². The first kappa shape index (κ1) is 5.09. The summed E-state index contributed by atoms with van der Waals surface area (Å²) in [6.07, 6.45) is 0.926. The molecule has 0 heterocycles. The van der Waals surface area contributed by atoms with E-state index in [9.17, 15) is 4.79 Å². The van der Waals surface area contributed by atoms with Gasteiger partial charge in [0.25, 0.3) is 0 Å². The van der Waals surface area contributed by atoms with Gasteiger partial charge in [-0.2, -0.15) is 0 Å². The zero-order valence-corrected chi connectivity index (χ0v) is 5.31. The predicted molar refractivity (Wildman–Crippen MR) is 30.0 cm³/mol. The lowest BCUT2D eigenvalue weighted by molar-refractivity contribution is -0.119. The van der Waals surface area contributed by atoms with Crippen LogP contribution < -0.4 is 5.73 Å². The first-order valence-corrected chi connectivity index (χ1v) is 3.07. The molecule has 0 aromatic rings. The Bertz CT molecular complexity index is 104. The number of halogens is 1. The molecule has 0 aromatic carbocycles. The van der Waals surface area contributed by atoms with E-state index >= 15 is 0 Å². The number of rotatable bonds is 1. The van der Waals surface area contributed by atoms with E-state index in [1.807, 2.05) is 0 Å². The van der Waals surface area contributed by atoms with E-state index in [1.165, 1.54) is 0 Å². The van der Waals surface area contributed by atoms with Crippen LogP contribution in [0.5, 0.6) is 0 Å². The SMILES string of the molecule is NC(=O)[C@@H]1C[C@@H]1Br. The van der Waals surface area contributed by atoms with E-state index in [1.54, 1.807) is 0 Å². The van der Waals surface area contributed by atoms with Gasteiger partial charge in [0.2, 0.25) is 5.91 Å². The normalized spacial score (nSPS) is 37.9. The molecule has 0 spiro atoms. The average molecular weight is 164 g/mol. The molecule has 2 atom stereocenters. The van der Waals surface area contributed by atoms with Crippen molar-refractivity contribution >= 4 is 21.8 Å². The topological polar surface area (TPSA) is 43.1 Å². The van der Waals surface area contributed by atoms with Crippen molar-refractivity contribution in [3.63, 3.8) is 0 Å². The van der Waals surface area contributed by atoms with E-state index < -0.39 is 0 Å². The molecule has 1 fully saturated rings. The minimum atomic E-state index is -0.179. The number of carbonyl (C=O) groups is 1. The first-order chi connectivity index (χ1) is 3.22. The molecule has 1 rings (SSSR count). The third-order valence-electron chi connectivity index (χ3n) is 1.08. The van der Waals surface area contributed by atoms with E-state index in [2.05, 4.69) is 15.9 Å². The van der Waals surface area contributed by atoms with Crippen LogP contribution in [0.3, 0.4) is 0 Å². The van der Waals surface area contributed by atoms with Crippen LogP contribution in [0.1, 0.15) is 6.42 Å². The summed E-state index contributed by atoms with van der Waals surface area (Å²) in [6, 6.07) is 0. The lowest BCUT2D eigenvalue weighted by Gasteiger charge is -1.80. The van der Waals surface area contributed by atoms with Crippen LogP contribution >= 0.6 is 15.9 Å². The van der Waals surface area contributed by atoms with Crippen molar-refractivity contribution in [2.24, 2.45) is 11.7 Å². The average Bonchev–Trinajstić information content (AvgIpc) is 2.17. The van der Waals surface area contributed by atoms with Gasteiger partial charge in [0, 0.05) is 4.83 Å². The second-order valence-corrected chi connectivity index (χ2v) is 2.94. The molecule has 0 saturated heterocycles. The maximum absolute atomic E-state index is 10.2. The maximum atomic E-state index is 10.2. The Morgan fingerprint density at radius 3 is 2.29 bits per heavy atom. The molecule has 1 aliphatic carbocycles. The van der Waals surface area contributed by atoms with Crippen LogP contribution in [0, 0.1) is 5.92 Å². The molecule has 1 amide bonds. The highest BCUT2D eigenvalue weighted by Crippen LogP contribution is 2.36. The van der Waals surface area contributed by atoms with Gasteiger partial charge in [-0.1, -0.05) is 15.9 Å². The van der Waals surface area contributed by atoms with Crippen LogP contribution in [0.4, 0.5) is 0 Å². The van der Waals surface area contributed by atoms with Gasteiger partial charge in [-0.3, -0.25) is 4.79 Å². The largest absolute Gasteiger partial charge is 0.369 e. The van der Waals surface area contributed by atoms with E-state index in [0.29, 0.717) is 4.83 Å². The number of amides is 1. The summed E-state index contributed by atoms with van der Waals surface area (Å²) in [5, 5.41) is 0. The standard InChI is InChI=1S/C4H6BrNO/c5-3-1-2(3)4(6)7/h2-3H,1H2,(H2,6,7)/t2-,3+/m1/s1. The van der Waals surface area contributed by atoms with E-state index in [0.717, 1.165) is 6.42 Å². The summed E-state index contributed by atoms with van der Waals surface area (Å²) >= 11 is 3.25. The molecule has 0 bridgehead atoms. The second-order valence-electron chi connectivity index (χ2n) is 1.76. The fraction of sp³-hybridized carbons (Fsp3) is 0.750. The molecule has 3 heteroatoms. The summed E-state index contributed by atoms with van der Waals surface area (Å²) < 4.78 is 0. The molecule has 0 radical (unpaired) electrons. The monoisotopic (exact) mass is 163 g/mol. The van der Waals surface area contributed by atoms with Crippen molar-refractivity contribution < 1.29 is 4.79 Å². The minimum Gasteiger partial charge on any atom is -0.369 e. The fourth-order valence-corrected chi connectivity index (χ4v) is 1.12. The number of nitrogens with two attached hydrogens (primary N) is 1. The van der Waals surface area contributed by atoms with Crippen LogP contribution in [-0.2, 0) is 4.79 Å². The molecule has 0 unspecified atom stereocenters. The number of primary amides is 1. The zero-order valence-electron chi connectivity index (χ0n) is 3.73. The summed E-state index contributed by atoms with van der Waals surface area (Å²) in [5.74, 6) is -0.0538. The smallest absolute Gasteiger partial charge is 0.221 e. The Morgan fingerprint density at radius 1 is 1.86 bits per heavy atom. The van der Waals surface area contributed by atoms with Crippen molar-refractivity contribution in [1.29, 1.82) is 0 Å². The lowest BCUT2D eigenvalue weighted by Crippen LogP contribution is -2.13. The molecule has 7 heavy (non-hydrogen) atoms. The molecule has 0 aromatic heterocycles. The predicted octanol–water partition coefficient (Wildman–Crippen LogP) is 0.255. The summed E-state index contributed by atoms with van der Waals surface area (Å²) in [5.41, 5.74) is 4.92. The summed E-state index contributed by atoms with van der Waals surface area (Å²) in [6.45, 7) is 0. The van der Waals surface area contributed by atoms with Gasteiger partial charge >= 0.3 is 0 Å². The van der Waals surface area contributed by atoms with Gasteiger partial charge in [0.05, 0.1) is 5.92 Å². The first-order valence-electron chi connectivity index (χ1n) is 2.15. The highest BCUT2D eigenvalue weighted by Gasteiger charge is 2.39. The van der Waals surface area contributed by atoms with Crippen molar-refractivity contribution in [2.75, 3.05) is 0 Å². The third kappa shape index (κ3) is 0.938. The molecule has 1 saturated carbocycles. The highest BCUT2D eigenvalue weighted by molar-refractivity contribution is 9.09. The Labute approximate surface area is 50.2 Å². The number of alkyl halides is 1. The number of carbonyl (C=O) groups excluding carboxylic acids is 1. The second kappa shape index (κ2) is 1.47. The molecule has 1 aliphatic rings. The van der Waals surface area contributed by atoms with Gasteiger partial charge in [-0.25, -0.2) is 0 Å². The van der Waals surface area contributed by atoms with Crippen molar-refractivity contribution in [1.82, 2.24) is 0 Å². The van der Waals surface area contributed by atoms with Gasteiger partial charge < -0.3 is 5.73 Å². The summed E-state index contributed by atoms with van der Waals surface area (Å²) in [4.78, 5) is 10.5. The van der Waals surface area contributed by atoms with Crippen molar-refractivity contribution in [3.05, 3.63) is 0 Å². The Hall–Kier alpha value is -0.0500. The van der Waals surface area contributed by atoms with Crippen LogP contribution in [0.15, 0.2) is 0 Å². The fourth-order valence-electron chi connectivity index (χ4n) is 0.458. The zero-order chi connectivity index (χ0) is 5.44. The van der Waals surface area contributed by atoms with Crippen molar-refractivity contribution in [3.8, 4) is 0 Å². The quantitative estimate of drug-likeness (QED) is 0.554. The highest BCUT2D eigenvalue weighted by atomic mass is 79.9. The van der Waals surface area contributed by atoms with Gasteiger partial charge in [0.15, 0.2) is 0 Å². The Morgan fingerprint density at radius 2 is 2.29 bits per heavy atom. The van der Waals surface area contributed by atoms with Crippen LogP contribution in [-0.4, -0.2) is 10.7 Å². The molecule has 2 nitrogen and oxygen atoms in total. The third-order valence-corrected chi connectivity index (χ3v) is 2.09. The van der Waals surface area contributed by atoms with Gasteiger partial charge in [-0.05, 0) is 6.42 Å². The number of hydrogen-bond donors (Lipinski definition) is 1. The molecule has 40 valence electrons. The van der Waals surface area contributed by atoms with E-state index in [4.69, 9.17) is 5.73 Å². The molecular weight excluding hydrogens is 158 g/mol. The summed E-state index contributed by atoms with van der Waals surface area (Å²) in [7, 11) is 0. The Kier molecular flexibility index (Phi) is 1.07. The van der Waals surface area contributed by atoms with Gasteiger partial charge in [-0.15, -0.1) is 0 Å². The van der Waals surface area contributed by atoms with E-state index in [-0.39, 0.29) is 11.8 Å². The number of hydrogen-bond acceptors (Lipinski definition) is 1.